The molecule has 4 heteroatoms. The molecule has 0 saturated carbocycles. The van der Waals surface area contributed by atoms with Gasteiger partial charge in [0.1, 0.15) is 11.2 Å². The van der Waals surface area contributed by atoms with E-state index in [0.717, 1.165) is 35.0 Å². The highest BCUT2D eigenvalue weighted by Crippen LogP contribution is 2.38. The lowest BCUT2D eigenvalue weighted by Gasteiger charge is -2.19. The zero-order chi connectivity index (χ0) is 20.2. The molecule has 148 valence electrons. The lowest BCUT2D eigenvalue weighted by molar-refractivity contribution is 0.617. The Morgan fingerprint density at radius 1 is 0.500 bits per heavy atom. The Kier molecular flexibility index (Phi) is 5.39. The first-order chi connectivity index (χ1) is 14.9. The van der Waals surface area contributed by atoms with Gasteiger partial charge in [-0.1, -0.05) is 97.1 Å². The molecular formula is C26H22NO2P. The van der Waals surface area contributed by atoms with Crippen molar-refractivity contribution in [2.75, 3.05) is 4.67 Å². The van der Waals surface area contributed by atoms with E-state index in [2.05, 4.69) is 65.3 Å². The van der Waals surface area contributed by atoms with Crippen LogP contribution in [0.4, 0.5) is 0 Å². The van der Waals surface area contributed by atoms with E-state index in [4.69, 9.17) is 8.39 Å². The van der Waals surface area contributed by atoms with Crippen LogP contribution < -0.4 is 4.67 Å². The van der Waals surface area contributed by atoms with Crippen LogP contribution in [0.3, 0.4) is 0 Å². The minimum atomic E-state index is -1.35. The van der Waals surface area contributed by atoms with Crippen LogP contribution in [0.25, 0.3) is 21.9 Å². The van der Waals surface area contributed by atoms with Gasteiger partial charge in [0, 0.05) is 23.9 Å². The largest absolute Gasteiger partial charge is 0.408 e. The molecule has 0 unspecified atom stereocenters. The fourth-order valence-corrected chi connectivity index (χ4v) is 5.08. The first-order valence-electron chi connectivity index (χ1n) is 10.0. The molecule has 0 saturated heterocycles. The van der Waals surface area contributed by atoms with Crippen LogP contribution in [0.15, 0.2) is 118 Å². The SMILES string of the molecule is c1ccc(CN(Cc2ccccc2)p2oc3ccccc3c3ccccc3o2)cc1. The van der Waals surface area contributed by atoms with Gasteiger partial charge in [-0.05, 0) is 23.3 Å². The van der Waals surface area contributed by atoms with Gasteiger partial charge in [0.05, 0.1) is 0 Å². The first-order valence-corrected chi connectivity index (χ1v) is 11.2. The van der Waals surface area contributed by atoms with E-state index in [1.165, 1.54) is 11.1 Å². The highest BCUT2D eigenvalue weighted by Gasteiger charge is 2.16. The molecular weight excluding hydrogens is 389 g/mol. The molecule has 0 atom stereocenters. The van der Waals surface area contributed by atoms with Gasteiger partial charge < -0.3 is 8.39 Å². The van der Waals surface area contributed by atoms with E-state index in [-0.39, 0.29) is 0 Å². The quantitative estimate of drug-likeness (QED) is 0.298. The van der Waals surface area contributed by atoms with E-state index in [9.17, 15) is 0 Å². The van der Waals surface area contributed by atoms with E-state index in [1.807, 2.05) is 48.5 Å². The van der Waals surface area contributed by atoms with Gasteiger partial charge >= 0.3 is 8.16 Å². The molecule has 0 N–H and O–H groups in total. The predicted octanol–water partition coefficient (Wildman–Crippen LogP) is 7.63. The summed E-state index contributed by atoms with van der Waals surface area (Å²) < 4.78 is 15.3. The Morgan fingerprint density at radius 3 is 1.37 bits per heavy atom. The number of fused-ring (bicyclic) bond motifs is 3. The van der Waals surface area contributed by atoms with Crippen LogP contribution in [0, 0.1) is 0 Å². The highest BCUT2D eigenvalue weighted by atomic mass is 31.1. The van der Waals surface area contributed by atoms with Crippen LogP contribution in [-0.2, 0) is 13.1 Å². The molecule has 30 heavy (non-hydrogen) atoms. The second kappa shape index (κ2) is 8.62. The lowest BCUT2D eigenvalue weighted by atomic mass is 10.1. The third kappa shape index (κ3) is 4.04. The van der Waals surface area contributed by atoms with E-state index < -0.39 is 8.16 Å². The molecule has 0 aliphatic heterocycles. The zero-order valence-corrected chi connectivity index (χ0v) is 17.4. The molecule has 0 aliphatic rings. The van der Waals surface area contributed by atoms with Crippen LogP contribution in [0.1, 0.15) is 11.1 Å². The van der Waals surface area contributed by atoms with E-state index in [1.54, 1.807) is 0 Å². The number of rotatable bonds is 5. The number of hydrogen-bond donors (Lipinski definition) is 0. The van der Waals surface area contributed by atoms with E-state index in [0.29, 0.717) is 0 Å². The van der Waals surface area contributed by atoms with Crippen molar-refractivity contribution >= 4 is 30.1 Å². The molecule has 0 radical (unpaired) electrons. The normalized spacial score (nSPS) is 11.2. The molecule has 5 rings (SSSR count). The number of nitrogens with zero attached hydrogens (tertiary/aromatic N) is 1. The second-order valence-corrected chi connectivity index (χ2v) is 8.61. The van der Waals surface area contributed by atoms with Crippen molar-refractivity contribution in [1.82, 2.24) is 0 Å². The first kappa shape index (κ1) is 18.7. The maximum Gasteiger partial charge on any atom is 0.310 e. The number of para-hydroxylation sites is 2. The summed E-state index contributed by atoms with van der Waals surface area (Å²) in [5, 5.41) is 2.13. The highest BCUT2D eigenvalue weighted by molar-refractivity contribution is 7.38. The summed E-state index contributed by atoms with van der Waals surface area (Å²) in [5.74, 6) is 0. The summed E-state index contributed by atoms with van der Waals surface area (Å²) in [6, 6.07) is 37.3. The van der Waals surface area contributed by atoms with Gasteiger partial charge in [0.2, 0.25) is 0 Å². The topological polar surface area (TPSA) is 29.5 Å². The fourth-order valence-electron chi connectivity index (χ4n) is 3.60. The van der Waals surface area contributed by atoms with Crippen molar-refractivity contribution in [3.8, 4) is 0 Å². The Labute approximate surface area is 176 Å². The van der Waals surface area contributed by atoms with Crippen LogP contribution in [-0.4, -0.2) is 0 Å². The molecule has 1 heterocycles. The second-order valence-electron chi connectivity index (χ2n) is 7.21. The standard InChI is InChI=1S/C26H22NO2P/c1-3-11-21(12-4-1)19-27(20-22-13-5-2-6-14-22)30-28-25-17-9-7-15-23(25)24-16-8-10-18-26(24)29-30/h1-18H,19-20H2. The molecule has 0 aliphatic carbocycles. The van der Waals surface area contributed by atoms with Gasteiger partial charge in [-0.15, -0.1) is 0 Å². The molecule has 1 aromatic heterocycles. The van der Waals surface area contributed by atoms with Crippen molar-refractivity contribution < 1.29 is 8.39 Å². The summed E-state index contributed by atoms with van der Waals surface area (Å²) in [5.41, 5.74) is 4.18. The minimum absolute atomic E-state index is 0.742. The van der Waals surface area contributed by atoms with Crippen molar-refractivity contribution in [3.63, 3.8) is 0 Å². The number of hydrogen-bond acceptors (Lipinski definition) is 3. The molecule has 3 nitrogen and oxygen atoms in total. The van der Waals surface area contributed by atoms with Crippen LogP contribution in [0.5, 0.6) is 0 Å². The average molecular weight is 411 g/mol. The van der Waals surface area contributed by atoms with Crippen molar-refractivity contribution in [1.29, 1.82) is 0 Å². The van der Waals surface area contributed by atoms with Gasteiger partial charge in [-0.3, -0.25) is 0 Å². The van der Waals surface area contributed by atoms with Crippen LogP contribution >= 0.6 is 8.16 Å². The minimum Gasteiger partial charge on any atom is -0.408 e. The van der Waals surface area contributed by atoms with Gasteiger partial charge in [-0.2, -0.15) is 4.67 Å². The van der Waals surface area contributed by atoms with Gasteiger partial charge in [0.15, 0.2) is 0 Å². The Balaban J connectivity index is 1.69. The Hall–Kier alpha value is -3.26. The molecule has 0 fully saturated rings. The average Bonchev–Trinajstić information content (AvgIpc) is 2.97. The third-order valence-corrected chi connectivity index (χ3v) is 6.51. The van der Waals surface area contributed by atoms with E-state index >= 15 is 0 Å². The summed E-state index contributed by atoms with van der Waals surface area (Å²) in [4.78, 5) is 0. The lowest BCUT2D eigenvalue weighted by Crippen LogP contribution is -2.18. The number of benzene rings is 4. The van der Waals surface area contributed by atoms with Gasteiger partial charge in [-0.25, -0.2) is 0 Å². The molecule has 0 spiro atoms. The summed E-state index contributed by atoms with van der Waals surface area (Å²) in [7, 11) is -1.35. The van der Waals surface area contributed by atoms with Gasteiger partial charge in [0.25, 0.3) is 0 Å². The zero-order valence-electron chi connectivity index (χ0n) is 16.5. The maximum atomic E-state index is 6.51. The summed E-state index contributed by atoms with van der Waals surface area (Å²) in [6.45, 7) is 1.48. The smallest absolute Gasteiger partial charge is 0.310 e. The molecule has 0 amide bonds. The maximum absolute atomic E-state index is 6.51. The predicted molar refractivity (Wildman–Crippen MR) is 125 cm³/mol. The molecule has 0 bridgehead atoms. The van der Waals surface area contributed by atoms with Crippen molar-refractivity contribution in [2.45, 2.75) is 13.1 Å². The molecule has 5 aromatic rings. The van der Waals surface area contributed by atoms with Crippen LogP contribution in [0.2, 0.25) is 0 Å². The van der Waals surface area contributed by atoms with Crippen molar-refractivity contribution in [3.05, 3.63) is 120 Å². The Bertz CT molecular complexity index is 1200. The fraction of sp³-hybridized carbons (Fsp3) is 0.0769. The summed E-state index contributed by atoms with van der Waals surface area (Å²) >= 11 is 0. The third-order valence-electron chi connectivity index (χ3n) is 5.06. The Morgan fingerprint density at radius 2 is 0.900 bits per heavy atom. The van der Waals surface area contributed by atoms with Crippen molar-refractivity contribution in [2.24, 2.45) is 0 Å². The molecule has 4 aromatic carbocycles. The summed E-state index contributed by atoms with van der Waals surface area (Å²) in [6.07, 6.45) is 0. The monoisotopic (exact) mass is 411 g/mol.